The van der Waals surface area contributed by atoms with Crippen molar-refractivity contribution in [3.63, 3.8) is 0 Å². The number of hydrogen-bond acceptors (Lipinski definition) is 2. The molecule has 3 nitrogen and oxygen atoms in total. The molecule has 0 spiro atoms. The van der Waals surface area contributed by atoms with Gasteiger partial charge in [0.05, 0.1) is 6.54 Å². The van der Waals surface area contributed by atoms with Gasteiger partial charge in [-0.1, -0.05) is 41.4 Å². The number of hydrogen-bond donors (Lipinski definition) is 2. The van der Waals surface area contributed by atoms with Crippen molar-refractivity contribution in [1.29, 1.82) is 0 Å². The predicted octanol–water partition coefficient (Wildman–Crippen LogP) is 4.59. The number of carbonyl (C=O) groups is 1. The molecule has 0 aromatic heterocycles. The molecule has 0 aliphatic rings. The van der Waals surface area contributed by atoms with Gasteiger partial charge in [0.25, 0.3) is 0 Å². The Morgan fingerprint density at radius 1 is 1.18 bits per heavy atom. The second-order valence-corrected chi connectivity index (χ2v) is 6.03. The van der Waals surface area contributed by atoms with E-state index >= 15 is 0 Å². The van der Waals surface area contributed by atoms with Crippen LogP contribution in [0.1, 0.15) is 24.1 Å². The van der Waals surface area contributed by atoms with Crippen LogP contribution < -0.4 is 10.6 Å². The van der Waals surface area contributed by atoms with Gasteiger partial charge in [0, 0.05) is 21.8 Å². The number of anilines is 1. The second kappa shape index (κ2) is 7.63. The predicted molar refractivity (Wildman–Crippen MR) is 92.7 cm³/mol. The summed E-state index contributed by atoms with van der Waals surface area (Å²) < 4.78 is 0. The van der Waals surface area contributed by atoms with E-state index in [-0.39, 0.29) is 18.5 Å². The molecule has 116 valence electrons. The summed E-state index contributed by atoms with van der Waals surface area (Å²) in [7, 11) is 0. The van der Waals surface area contributed by atoms with E-state index in [4.69, 9.17) is 23.2 Å². The molecule has 5 heteroatoms. The first-order valence-corrected chi connectivity index (χ1v) is 7.76. The molecule has 0 radical (unpaired) electrons. The van der Waals surface area contributed by atoms with Crippen LogP contribution in [-0.2, 0) is 4.79 Å². The van der Waals surface area contributed by atoms with Gasteiger partial charge < -0.3 is 10.6 Å². The molecule has 2 rings (SSSR count). The lowest BCUT2D eigenvalue weighted by molar-refractivity contribution is -0.115. The summed E-state index contributed by atoms with van der Waals surface area (Å²) in [6.45, 7) is 4.14. The molecule has 0 fully saturated rings. The van der Waals surface area contributed by atoms with Gasteiger partial charge in [-0.05, 0) is 49.2 Å². The lowest BCUT2D eigenvalue weighted by atomic mass is 10.1. The average molecular weight is 337 g/mol. The number of benzene rings is 2. The Morgan fingerprint density at radius 2 is 1.95 bits per heavy atom. The molecule has 2 N–H and O–H groups in total. The van der Waals surface area contributed by atoms with E-state index in [9.17, 15) is 4.79 Å². The molecule has 2 aromatic carbocycles. The number of carbonyl (C=O) groups excluding carboxylic acids is 1. The lowest BCUT2D eigenvalue weighted by Crippen LogP contribution is -2.30. The molecule has 1 amide bonds. The minimum Gasteiger partial charge on any atom is -0.325 e. The summed E-state index contributed by atoms with van der Waals surface area (Å²) in [5.74, 6) is -0.0949. The maximum absolute atomic E-state index is 12.0. The maximum Gasteiger partial charge on any atom is 0.238 e. The van der Waals surface area contributed by atoms with Crippen LogP contribution in [0.4, 0.5) is 5.69 Å². The summed E-state index contributed by atoms with van der Waals surface area (Å²) in [5.41, 5.74) is 2.81. The molecule has 0 aliphatic carbocycles. The van der Waals surface area contributed by atoms with Crippen molar-refractivity contribution in [1.82, 2.24) is 5.32 Å². The Bertz CT molecular complexity index is 673. The smallest absolute Gasteiger partial charge is 0.238 e. The molecule has 1 atom stereocenters. The summed E-state index contributed by atoms with van der Waals surface area (Å²) >= 11 is 12.0. The van der Waals surface area contributed by atoms with Crippen LogP contribution >= 0.6 is 23.2 Å². The van der Waals surface area contributed by atoms with E-state index in [1.54, 1.807) is 12.1 Å². The second-order valence-electron chi connectivity index (χ2n) is 5.19. The van der Waals surface area contributed by atoms with E-state index in [1.807, 2.05) is 44.2 Å². The van der Waals surface area contributed by atoms with Gasteiger partial charge in [0.1, 0.15) is 0 Å². The minimum atomic E-state index is -0.0949. The van der Waals surface area contributed by atoms with Crippen LogP contribution in [0, 0.1) is 6.92 Å². The number of rotatable bonds is 5. The van der Waals surface area contributed by atoms with E-state index in [0.29, 0.717) is 10.0 Å². The molecule has 0 unspecified atom stereocenters. The van der Waals surface area contributed by atoms with E-state index in [2.05, 4.69) is 10.6 Å². The van der Waals surface area contributed by atoms with Crippen LogP contribution in [0.5, 0.6) is 0 Å². The van der Waals surface area contributed by atoms with Crippen LogP contribution in [0.3, 0.4) is 0 Å². The fraction of sp³-hybridized carbons (Fsp3) is 0.235. The minimum absolute atomic E-state index is 0.0481. The molecule has 2 aromatic rings. The van der Waals surface area contributed by atoms with E-state index in [1.165, 1.54) is 0 Å². The Hall–Kier alpha value is -1.55. The first-order valence-electron chi connectivity index (χ1n) is 7.00. The summed E-state index contributed by atoms with van der Waals surface area (Å²) in [6.07, 6.45) is 0. The average Bonchev–Trinajstić information content (AvgIpc) is 2.45. The van der Waals surface area contributed by atoms with Gasteiger partial charge in [0.15, 0.2) is 0 Å². The van der Waals surface area contributed by atoms with Gasteiger partial charge in [-0.25, -0.2) is 0 Å². The van der Waals surface area contributed by atoms with Crippen LogP contribution in [-0.4, -0.2) is 12.5 Å². The highest BCUT2D eigenvalue weighted by atomic mass is 35.5. The monoisotopic (exact) mass is 336 g/mol. The molecule has 0 aliphatic heterocycles. The number of nitrogens with one attached hydrogen (secondary N) is 2. The SMILES string of the molecule is Cc1cccc(NC(=O)CN[C@@H](C)c2ccc(Cl)cc2Cl)c1. The van der Waals surface area contributed by atoms with Crippen LogP contribution in [0.25, 0.3) is 0 Å². The molecule has 0 bridgehead atoms. The fourth-order valence-corrected chi connectivity index (χ4v) is 2.71. The highest BCUT2D eigenvalue weighted by molar-refractivity contribution is 6.35. The summed E-state index contributed by atoms with van der Waals surface area (Å²) in [4.78, 5) is 12.0. The Kier molecular flexibility index (Phi) is 5.83. The van der Waals surface area contributed by atoms with E-state index < -0.39 is 0 Å². The zero-order valence-electron chi connectivity index (χ0n) is 12.5. The molecular formula is C17H18Cl2N2O. The molecule has 0 heterocycles. The van der Waals surface area contributed by atoms with Crippen LogP contribution in [0.15, 0.2) is 42.5 Å². The third kappa shape index (κ3) is 4.73. The number of aryl methyl sites for hydroxylation is 1. The van der Waals surface area contributed by atoms with Crippen LogP contribution in [0.2, 0.25) is 10.0 Å². The highest BCUT2D eigenvalue weighted by Gasteiger charge is 2.11. The lowest BCUT2D eigenvalue weighted by Gasteiger charge is -2.16. The van der Waals surface area contributed by atoms with Gasteiger partial charge in [-0.3, -0.25) is 4.79 Å². The van der Waals surface area contributed by atoms with Crippen molar-refractivity contribution in [3.05, 3.63) is 63.6 Å². The van der Waals surface area contributed by atoms with Gasteiger partial charge in [-0.15, -0.1) is 0 Å². The Balaban J connectivity index is 1.90. The Labute approximate surface area is 140 Å². The van der Waals surface area contributed by atoms with Gasteiger partial charge in [0.2, 0.25) is 5.91 Å². The van der Waals surface area contributed by atoms with Gasteiger partial charge in [-0.2, -0.15) is 0 Å². The van der Waals surface area contributed by atoms with Gasteiger partial charge >= 0.3 is 0 Å². The van der Waals surface area contributed by atoms with Crippen molar-refractivity contribution in [3.8, 4) is 0 Å². The third-order valence-electron chi connectivity index (χ3n) is 3.30. The Morgan fingerprint density at radius 3 is 2.64 bits per heavy atom. The zero-order valence-corrected chi connectivity index (χ0v) is 14.0. The van der Waals surface area contributed by atoms with Crippen molar-refractivity contribution in [2.75, 3.05) is 11.9 Å². The summed E-state index contributed by atoms with van der Waals surface area (Å²) in [5, 5.41) is 7.20. The standard InChI is InChI=1S/C17H18Cl2N2O/c1-11-4-3-5-14(8-11)21-17(22)10-20-12(2)15-7-6-13(18)9-16(15)19/h3-9,12,20H,10H2,1-2H3,(H,21,22)/t12-/m0/s1. The highest BCUT2D eigenvalue weighted by Crippen LogP contribution is 2.25. The molecule has 0 saturated heterocycles. The molecule has 0 saturated carbocycles. The topological polar surface area (TPSA) is 41.1 Å². The fourth-order valence-electron chi connectivity index (χ4n) is 2.14. The number of amides is 1. The van der Waals surface area contributed by atoms with E-state index in [0.717, 1.165) is 16.8 Å². The third-order valence-corrected chi connectivity index (χ3v) is 3.86. The van der Waals surface area contributed by atoms with Crippen molar-refractivity contribution in [2.24, 2.45) is 0 Å². The molecular weight excluding hydrogens is 319 g/mol. The van der Waals surface area contributed by atoms with Crippen molar-refractivity contribution < 1.29 is 4.79 Å². The first-order chi connectivity index (χ1) is 10.5. The van der Waals surface area contributed by atoms with Crippen molar-refractivity contribution in [2.45, 2.75) is 19.9 Å². The summed E-state index contributed by atoms with van der Waals surface area (Å²) in [6, 6.07) is 13.0. The van der Waals surface area contributed by atoms with Crippen molar-refractivity contribution >= 4 is 34.8 Å². The normalized spacial score (nSPS) is 12.0. The maximum atomic E-state index is 12.0. The quantitative estimate of drug-likeness (QED) is 0.838. The largest absolute Gasteiger partial charge is 0.325 e. The zero-order chi connectivity index (χ0) is 16.1. The first kappa shape index (κ1) is 16.8. The number of halogens is 2. The molecule has 22 heavy (non-hydrogen) atoms.